The van der Waals surface area contributed by atoms with Gasteiger partial charge in [-0.05, 0) is 98.5 Å². The first-order valence-corrected chi connectivity index (χ1v) is 20.1. The number of esters is 1. The van der Waals surface area contributed by atoms with Gasteiger partial charge < -0.3 is 19.3 Å². The molecular weight excluding hydrogens is 622 g/mol. The fraction of sp³-hybridized carbons (Fsp3) is 0.659. The summed E-state index contributed by atoms with van der Waals surface area (Å²) >= 11 is 0. The topological polar surface area (TPSA) is 68.2 Å². The zero-order valence-corrected chi connectivity index (χ0v) is 30.4. The van der Waals surface area contributed by atoms with E-state index in [2.05, 4.69) is 60.4 Å². The molecule has 0 aromatic heterocycles. The molecule has 10 atom stereocenters. The number of hydrogen-bond donors (Lipinski definition) is 1. The van der Waals surface area contributed by atoms with E-state index in [0.717, 1.165) is 43.2 Å². The maximum absolute atomic E-state index is 13.0. The highest BCUT2D eigenvalue weighted by atomic mass is 16.6. The van der Waals surface area contributed by atoms with E-state index >= 15 is 0 Å². The third-order valence-electron chi connectivity index (χ3n) is 15.2. The van der Waals surface area contributed by atoms with Crippen LogP contribution in [-0.4, -0.2) is 47.8 Å². The van der Waals surface area contributed by atoms with Gasteiger partial charge in [-0.25, -0.2) is 4.79 Å². The molecule has 1 N–H and O–H groups in total. The molecule has 3 saturated carbocycles. The third-order valence-corrected chi connectivity index (χ3v) is 15.2. The number of carbonyl (C=O) groups excluding carboxylic acids is 1. The van der Waals surface area contributed by atoms with Crippen LogP contribution in [0.1, 0.15) is 109 Å². The fourth-order valence-corrected chi connectivity index (χ4v) is 13.2. The highest BCUT2D eigenvalue weighted by Gasteiger charge is 2.63. The number of methoxy groups -OCH3 is 1. The Morgan fingerprint density at radius 3 is 2.54 bits per heavy atom. The summed E-state index contributed by atoms with van der Waals surface area (Å²) in [6, 6.07) is 11.8. The van der Waals surface area contributed by atoms with Gasteiger partial charge in [0.2, 0.25) is 5.76 Å². The lowest BCUT2D eigenvalue weighted by atomic mass is 9.65. The average molecular weight is 680 g/mol. The van der Waals surface area contributed by atoms with Gasteiger partial charge in [0.05, 0.1) is 18.8 Å². The van der Waals surface area contributed by atoms with Crippen LogP contribution in [0.3, 0.4) is 0 Å². The van der Waals surface area contributed by atoms with Crippen LogP contribution >= 0.6 is 0 Å². The van der Waals surface area contributed by atoms with Gasteiger partial charge in [0, 0.05) is 36.4 Å². The molecule has 4 aliphatic carbocycles. The zero-order chi connectivity index (χ0) is 34.1. The number of hydrogen-bond acceptors (Lipinski definition) is 6. The van der Waals surface area contributed by atoms with Gasteiger partial charge >= 0.3 is 5.97 Å². The van der Waals surface area contributed by atoms with Crippen molar-refractivity contribution in [1.82, 2.24) is 4.90 Å². The molecular formula is C44H57NO5. The number of cyclic esters (lactones) is 1. The summed E-state index contributed by atoms with van der Waals surface area (Å²) in [5.41, 5.74) is 2.31. The van der Waals surface area contributed by atoms with Crippen molar-refractivity contribution < 1.29 is 24.1 Å². The monoisotopic (exact) mass is 679 g/mol. The molecule has 6 heteroatoms. The number of nitrogens with zero attached hydrogens (tertiary/aromatic N) is 1. The van der Waals surface area contributed by atoms with E-state index < -0.39 is 6.10 Å². The Balaban J connectivity index is 1.12. The summed E-state index contributed by atoms with van der Waals surface area (Å²) < 4.78 is 18.3. The molecule has 1 aromatic rings. The first-order chi connectivity index (χ1) is 24.4. The third kappa shape index (κ3) is 5.20. The van der Waals surface area contributed by atoms with Crippen LogP contribution in [0.15, 0.2) is 77.2 Å². The van der Waals surface area contributed by atoms with Crippen LogP contribution in [0.5, 0.6) is 0 Å². The average Bonchev–Trinajstić information content (AvgIpc) is 3.97. The van der Waals surface area contributed by atoms with Gasteiger partial charge in [-0.3, -0.25) is 4.90 Å². The van der Waals surface area contributed by atoms with Crippen LogP contribution in [0.4, 0.5) is 0 Å². The van der Waals surface area contributed by atoms with Crippen LogP contribution in [0.25, 0.3) is 0 Å². The number of aliphatic hydroxyl groups excluding tert-OH is 1. The predicted octanol–water partition coefficient (Wildman–Crippen LogP) is 8.80. The second-order valence-electron chi connectivity index (χ2n) is 17.4. The van der Waals surface area contributed by atoms with E-state index in [0.29, 0.717) is 46.2 Å². The summed E-state index contributed by atoms with van der Waals surface area (Å²) in [5, 5.41) is 13.0. The van der Waals surface area contributed by atoms with E-state index in [-0.39, 0.29) is 35.8 Å². The molecule has 268 valence electrons. The Bertz CT molecular complexity index is 1590. The van der Waals surface area contributed by atoms with Crippen LogP contribution in [0.2, 0.25) is 0 Å². The maximum Gasteiger partial charge on any atom is 0.343 e. The van der Waals surface area contributed by atoms with Crippen molar-refractivity contribution in [3.05, 3.63) is 82.7 Å². The molecule has 2 saturated heterocycles. The van der Waals surface area contributed by atoms with Crippen molar-refractivity contribution in [2.45, 2.75) is 121 Å². The van der Waals surface area contributed by atoms with Gasteiger partial charge in [-0.2, -0.15) is 0 Å². The number of allylic oxidation sites excluding steroid dienone is 2. The molecule has 0 unspecified atom stereocenters. The largest absolute Gasteiger partial charge is 0.492 e. The summed E-state index contributed by atoms with van der Waals surface area (Å²) in [4.78, 5) is 15.5. The fourth-order valence-electron chi connectivity index (χ4n) is 13.2. The number of aliphatic hydroxyl groups is 1. The molecule has 4 aliphatic heterocycles. The first kappa shape index (κ1) is 33.0. The number of ether oxygens (including phenoxy) is 3. The molecule has 9 rings (SSSR count). The number of carbonyl (C=O) groups is 1. The Kier molecular flexibility index (Phi) is 8.58. The molecule has 8 aliphatic rings. The van der Waals surface area contributed by atoms with Crippen LogP contribution in [-0.2, 0) is 19.0 Å². The SMILES string of the molecule is COC1=C(C)C(=O)OC1=C1OC2=CCCN3[C@H]([C@@H](O)[C@@H]4C=CC[C@H](C5CCCC5)C4)[C@H]4CC5(CCCC5)[C@@H](c5ccccc5)[C@@H]4C[C@@H]3[C@@H]2[C@H]1C. The van der Waals surface area contributed by atoms with Crippen molar-refractivity contribution in [2.24, 2.45) is 46.8 Å². The molecule has 4 heterocycles. The standard InChI is InChI=1S/C44H57NO5/c1-26-36-34-24-32-33(25-44(20-9-10-21-44)37(32)29-15-5-4-6-16-29)38(39(46)31-18-11-17-30(23-31)28-13-7-8-14-28)45(34)22-12-19-35(36)49-41(26)42-40(48-3)27(2)43(47)50-42/h4-6,11,15-16,18-19,26,28,30-34,36-39,46H,7-10,12-14,17,20-25H2,1-3H3/t26-,30+,31-,32-,33+,34-,36+,37+,38+,39+/m1/s1. The van der Waals surface area contributed by atoms with E-state index in [1.807, 2.05) is 0 Å². The molecule has 6 nitrogen and oxygen atoms in total. The number of benzene rings is 1. The maximum atomic E-state index is 13.0. The molecule has 50 heavy (non-hydrogen) atoms. The summed E-state index contributed by atoms with van der Waals surface area (Å²) in [5.74, 6) is 5.65. The lowest BCUT2D eigenvalue weighted by Gasteiger charge is -2.53. The minimum Gasteiger partial charge on any atom is -0.492 e. The van der Waals surface area contributed by atoms with Gasteiger partial charge in [0.15, 0.2) is 11.5 Å². The van der Waals surface area contributed by atoms with Crippen LogP contribution in [0, 0.1) is 46.8 Å². The lowest BCUT2D eigenvalue weighted by Crippen LogP contribution is -2.61. The van der Waals surface area contributed by atoms with Crippen molar-refractivity contribution >= 4 is 5.97 Å². The molecule has 0 radical (unpaired) electrons. The van der Waals surface area contributed by atoms with Gasteiger partial charge in [-0.15, -0.1) is 0 Å². The van der Waals surface area contributed by atoms with Gasteiger partial charge in [-0.1, -0.05) is 87.9 Å². The van der Waals surface area contributed by atoms with E-state index in [4.69, 9.17) is 14.2 Å². The predicted molar refractivity (Wildman–Crippen MR) is 193 cm³/mol. The quantitative estimate of drug-likeness (QED) is 0.248. The molecule has 5 fully saturated rings. The Labute approximate surface area is 299 Å². The van der Waals surface area contributed by atoms with Crippen molar-refractivity contribution in [3.8, 4) is 0 Å². The van der Waals surface area contributed by atoms with E-state index in [9.17, 15) is 9.90 Å². The minimum absolute atomic E-state index is 0.0124. The Hall–Kier alpha value is -2.83. The first-order valence-electron chi connectivity index (χ1n) is 20.1. The number of fused-ring (bicyclic) bond motifs is 4. The summed E-state index contributed by atoms with van der Waals surface area (Å²) in [6.45, 7) is 4.96. The second-order valence-corrected chi connectivity index (χ2v) is 17.4. The summed E-state index contributed by atoms with van der Waals surface area (Å²) in [7, 11) is 1.60. The normalized spacial score (nSPS) is 40.3. The molecule has 1 aromatic carbocycles. The highest BCUT2D eigenvalue weighted by Crippen LogP contribution is 2.67. The molecule has 0 amide bonds. The molecule has 0 bridgehead atoms. The van der Waals surface area contributed by atoms with E-state index in [1.165, 1.54) is 69.8 Å². The minimum atomic E-state index is -0.391. The highest BCUT2D eigenvalue weighted by molar-refractivity contribution is 5.93. The Morgan fingerprint density at radius 2 is 1.78 bits per heavy atom. The number of piperidine rings is 1. The zero-order valence-electron chi connectivity index (χ0n) is 30.4. The van der Waals surface area contributed by atoms with Crippen molar-refractivity contribution in [2.75, 3.05) is 13.7 Å². The van der Waals surface area contributed by atoms with Gasteiger partial charge in [0.1, 0.15) is 5.76 Å². The lowest BCUT2D eigenvalue weighted by molar-refractivity contribution is -0.133. The number of rotatable bonds is 5. The summed E-state index contributed by atoms with van der Waals surface area (Å²) in [6.07, 6.45) is 23.0. The Morgan fingerprint density at radius 1 is 1.00 bits per heavy atom. The second kappa shape index (κ2) is 13.0. The van der Waals surface area contributed by atoms with Crippen LogP contribution < -0.4 is 0 Å². The van der Waals surface area contributed by atoms with E-state index in [1.54, 1.807) is 14.0 Å². The smallest absolute Gasteiger partial charge is 0.343 e. The molecule has 1 spiro atoms. The van der Waals surface area contributed by atoms with Crippen molar-refractivity contribution in [3.63, 3.8) is 0 Å². The van der Waals surface area contributed by atoms with Gasteiger partial charge in [0.25, 0.3) is 0 Å². The van der Waals surface area contributed by atoms with Crippen molar-refractivity contribution in [1.29, 1.82) is 0 Å².